The second kappa shape index (κ2) is 9.88. The summed E-state index contributed by atoms with van der Waals surface area (Å²) >= 11 is 1.48. The molecule has 3 atom stereocenters. The van der Waals surface area contributed by atoms with Crippen molar-refractivity contribution in [2.75, 3.05) is 31.5 Å². The van der Waals surface area contributed by atoms with Gasteiger partial charge in [-0.1, -0.05) is 24.3 Å². The summed E-state index contributed by atoms with van der Waals surface area (Å²) in [6.45, 7) is 7.74. The van der Waals surface area contributed by atoms with E-state index < -0.39 is 11.6 Å². The first-order chi connectivity index (χ1) is 17.2. The summed E-state index contributed by atoms with van der Waals surface area (Å²) in [5.74, 6) is 1.70. The summed E-state index contributed by atoms with van der Waals surface area (Å²) < 4.78 is 20.0. The molecule has 0 radical (unpaired) electrons. The molecule has 7 nitrogen and oxygen atoms in total. The maximum atomic E-state index is 12.7. The summed E-state index contributed by atoms with van der Waals surface area (Å²) in [7, 11) is 1.40. The van der Waals surface area contributed by atoms with Gasteiger partial charge in [-0.25, -0.2) is 9.59 Å². The third-order valence-corrected chi connectivity index (χ3v) is 7.97. The largest absolute Gasteiger partial charge is 0.492 e. The van der Waals surface area contributed by atoms with Gasteiger partial charge in [-0.15, -0.1) is 0 Å². The molecule has 2 aromatic carbocycles. The molecule has 2 heterocycles. The standard InChI is InChI=1S/C28H34N2O5S/c1-28(2,3)35-27(32)30-12-11-17(15-30)13-18-7-5-6-8-23(18)36-29-22-10-9-20-21-14-19(21)16-34-25(20)24(22)26(31)33-4/h5-10,17,19,21,29H,11-16H2,1-4H3/t17?,19-,21?/m0/s1. The van der Waals surface area contributed by atoms with Crippen molar-refractivity contribution in [3.8, 4) is 5.75 Å². The van der Waals surface area contributed by atoms with Gasteiger partial charge in [-0.2, -0.15) is 0 Å². The number of hydrogen-bond acceptors (Lipinski definition) is 7. The van der Waals surface area contributed by atoms with Crippen molar-refractivity contribution in [3.05, 3.63) is 53.1 Å². The van der Waals surface area contributed by atoms with Crippen molar-refractivity contribution < 1.29 is 23.8 Å². The van der Waals surface area contributed by atoms with Crippen LogP contribution in [0.15, 0.2) is 41.3 Å². The number of amides is 1. The number of hydrogen-bond donors (Lipinski definition) is 1. The number of carbonyl (C=O) groups is 2. The lowest BCUT2D eigenvalue weighted by Gasteiger charge is -2.24. The number of methoxy groups -OCH3 is 1. The molecule has 192 valence electrons. The summed E-state index contributed by atoms with van der Waals surface area (Å²) in [6.07, 6.45) is 2.69. The number of nitrogens with zero attached hydrogens (tertiary/aromatic N) is 1. The van der Waals surface area contributed by atoms with Crippen LogP contribution in [0.3, 0.4) is 0 Å². The predicted molar refractivity (Wildman–Crippen MR) is 140 cm³/mol. The molecule has 2 unspecified atom stereocenters. The molecule has 5 rings (SSSR count). The first-order valence-corrected chi connectivity index (χ1v) is 13.4. The van der Waals surface area contributed by atoms with Crippen LogP contribution in [0.5, 0.6) is 5.75 Å². The van der Waals surface area contributed by atoms with Gasteiger partial charge >= 0.3 is 12.1 Å². The lowest BCUT2D eigenvalue weighted by molar-refractivity contribution is 0.0288. The predicted octanol–water partition coefficient (Wildman–Crippen LogP) is 5.89. The minimum Gasteiger partial charge on any atom is -0.492 e. The average molecular weight is 511 g/mol. The van der Waals surface area contributed by atoms with E-state index in [0.29, 0.717) is 54.5 Å². The summed E-state index contributed by atoms with van der Waals surface area (Å²) in [5, 5.41) is 0. The quantitative estimate of drug-likeness (QED) is 0.384. The topological polar surface area (TPSA) is 77.1 Å². The molecule has 2 aromatic rings. The Kier molecular flexibility index (Phi) is 6.81. The third-order valence-electron chi connectivity index (χ3n) is 7.03. The normalized spacial score (nSPS) is 22.2. The molecule has 0 bridgehead atoms. The van der Waals surface area contributed by atoms with Gasteiger partial charge < -0.3 is 23.8 Å². The van der Waals surface area contributed by atoms with E-state index in [0.717, 1.165) is 29.7 Å². The van der Waals surface area contributed by atoms with E-state index >= 15 is 0 Å². The summed E-state index contributed by atoms with van der Waals surface area (Å²) in [4.78, 5) is 28.1. The molecule has 1 aliphatic carbocycles. The fourth-order valence-corrected chi connectivity index (χ4v) is 5.94. The highest BCUT2D eigenvalue weighted by Gasteiger charge is 2.45. The number of rotatable bonds is 6. The van der Waals surface area contributed by atoms with Crippen LogP contribution in [0.2, 0.25) is 0 Å². The Morgan fingerprint density at radius 3 is 2.78 bits per heavy atom. The smallest absolute Gasteiger partial charge is 0.410 e. The van der Waals surface area contributed by atoms with E-state index in [1.54, 1.807) is 0 Å². The average Bonchev–Trinajstić information content (AvgIpc) is 3.50. The van der Waals surface area contributed by atoms with Crippen molar-refractivity contribution in [2.24, 2.45) is 11.8 Å². The first kappa shape index (κ1) is 24.8. The Morgan fingerprint density at radius 1 is 1.19 bits per heavy atom. The number of fused-ring (bicyclic) bond motifs is 3. The lowest BCUT2D eigenvalue weighted by Crippen LogP contribution is -2.35. The molecule has 36 heavy (non-hydrogen) atoms. The maximum absolute atomic E-state index is 12.7. The Labute approximate surface area is 217 Å². The molecule has 2 fully saturated rings. The van der Waals surface area contributed by atoms with Gasteiger partial charge in [0.2, 0.25) is 0 Å². The van der Waals surface area contributed by atoms with Crippen LogP contribution in [0.4, 0.5) is 10.5 Å². The number of anilines is 1. The number of esters is 1. The Hall–Kier alpha value is -2.87. The number of nitrogens with one attached hydrogen (secondary N) is 1. The fraction of sp³-hybridized carbons (Fsp3) is 0.500. The van der Waals surface area contributed by atoms with Crippen LogP contribution in [-0.2, 0) is 15.9 Å². The Bertz CT molecular complexity index is 1160. The Morgan fingerprint density at radius 2 is 2.00 bits per heavy atom. The molecular weight excluding hydrogens is 476 g/mol. The van der Waals surface area contributed by atoms with Gasteiger partial charge in [0.25, 0.3) is 0 Å². The number of ether oxygens (including phenoxy) is 3. The first-order valence-electron chi connectivity index (χ1n) is 12.6. The van der Waals surface area contributed by atoms with E-state index in [-0.39, 0.29) is 6.09 Å². The number of benzene rings is 2. The molecule has 1 saturated carbocycles. The monoisotopic (exact) mass is 510 g/mol. The van der Waals surface area contributed by atoms with Crippen molar-refractivity contribution in [3.63, 3.8) is 0 Å². The van der Waals surface area contributed by atoms with Crippen molar-refractivity contribution >= 4 is 29.7 Å². The van der Waals surface area contributed by atoms with Gasteiger partial charge in [0.05, 0.1) is 19.4 Å². The molecule has 3 aliphatic rings. The molecule has 8 heteroatoms. The number of carbonyl (C=O) groups excluding carboxylic acids is 2. The third kappa shape index (κ3) is 5.28. The van der Waals surface area contributed by atoms with Crippen LogP contribution in [0.1, 0.15) is 61.0 Å². The van der Waals surface area contributed by atoms with Crippen LogP contribution in [-0.4, -0.2) is 49.4 Å². The Balaban J connectivity index is 1.28. The minimum atomic E-state index is -0.491. The van der Waals surface area contributed by atoms with Crippen LogP contribution < -0.4 is 9.46 Å². The zero-order chi connectivity index (χ0) is 25.4. The van der Waals surface area contributed by atoms with Crippen molar-refractivity contribution in [2.45, 2.75) is 56.4 Å². The number of likely N-dealkylation sites (tertiary alicyclic amines) is 1. The van der Waals surface area contributed by atoms with Crippen molar-refractivity contribution in [1.82, 2.24) is 4.90 Å². The van der Waals surface area contributed by atoms with Crippen LogP contribution in [0.25, 0.3) is 0 Å². The highest BCUT2D eigenvalue weighted by Crippen LogP contribution is 2.55. The van der Waals surface area contributed by atoms with Gasteiger partial charge in [0.1, 0.15) is 16.9 Å². The lowest BCUT2D eigenvalue weighted by atomic mass is 9.99. The molecule has 0 spiro atoms. The van der Waals surface area contributed by atoms with Gasteiger partial charge in [0.15, 0.2) is 0 Å². The highest BCUT2D eigenvalue weighted by atomic mass is 32.2. The molecule has 0 aromatic heterocycles. The van der Waals surface area contributed by atoms with Crippen LogP contribution >= 0.6 is 11.9 Å². The zero-order valence-electron chi connectivity index (χ0n) is 21.3. The van der Waals surface area contributed by atoms with Crippen LogP contribution in [0, 0.1) is 11.8 Å². The van der Waals surface area contributed by atoms with Gasteiger partial charge in [-0.3, -0.25) is 0 Å². The zero-order valence-corrected chi connectivity index (χ0v) is 22.2. The fourth-order valence-electron chi connectivity index (χ4n) is 5.12. The van der Waals surface area contributed by atoms with E-state index in [2.05, 4.69) is 22.9 Å². The molecule has 2 aliphatic heterocycles. The SMILES string of the molecule is COC(=O)c1c(NSc2ccccc2CC2CCN(C(=O)OC(C)(C)C)C2)ccc2c1OC[C@@H]1CC21. The van der Waals surface area contributed by atoms with E-state index in [1.165, 1.54) is 24.6 Å². The van der Waals surface area contributed by atoms with Gasteiger partial charge in [0, 0.05) is 23.9 Å². The van der Waals surface area contributed by atoms with Crippen molar-refractivity contribution in [1.29, 1.82) is 0 Å². The van der Waals surface area contributed by atoms with Gasteiger partial charge in [-0.05, 0) is 87.1 Å². The van der Waals surface area contributed by atoms with E-state index in [9.17, 15) is 9.59 Å². The molecule has 1 saturated heterocycles. The molecule has 1 amide bonds. The molecular formula is C28H34N2O5S. The minimum absolute atomic E-state index is 0.239. The molecule has 1 N–H and O–H groups in total. The second-order valence-electron chi connectivity index (χ2n) is 10.9. The van der Waals surface area contributed by atoms with E-state index in [1.807, 2.05) is 43.9 Å². The maximum Gasteiger partial charge on any atom is 0.410 e. The summed E-state index contributed by atoms with van der Waals surface area (Å²) in [6, 6.07) is 12.3. The second-order valence-corrected chi connectivity index (χ2v) is 11.8. The summed E-state index contributed by atoms with van der Waals surface area (Å²) in [5.41, 5.74) is 2.99. The highest BCUT2D eigenvalue weighted by molar-refractivity contribution is 8.00. The van der Waals surface area contributed by atoms with E-state index in [4.69, 9.17) is 14.2 Å².